The van der Waals surface area contributed by atoms with Gasteiger partial charge in [0.2, 0.25) is 0 Å². The zero-order chi connectivity index (χ0) is 14.3. The lowest BCUT2D eigenvalue weighted by atomic mass is 10.0. The maximum Gasteiger partial charge on any atom is 0.127 e. The van der Waals surface area contributed by atoms with E-state index in [0.717, 1.165) is 24.1 Å². The topological polar surface area (TPSA) is 45.1 Å². The molecule has 0 aliphatic carbocycles. The molecule has 0 fully saturated rings. The average Bonchev–Trinajstić information content (AvgIpc) is 2.39. The maximum atomic E-state index is 7.50. The van der Waals surface area contributed by atoms with Gasteiger partial charge in [-0.3, -0.25) is 0 Å². The van der Waals surface area contributed by atoms with Crippen LogP contribution in [0, 0.1) is 5.41 Å². The summed E-state index contributed by atoms with van der Waals surface area (Å²) in [5.74, 6) is 0.483. The fraction of sp³-hybridized carbons (Fsp3) is 0.562. The van der Waals surface area contributed by atoms with Crippen molar-refractivity contribution in [2.24, 2.45) is 0 Å². The van der Waals surface area contributed by atoms with E-state index in [1.807, 2.05) is 13.0 Å². The molecule has 0 aliphatic heterocycles. The average molecular weight is 262 g/mol. The summed E-state index contributed by atoms with van der Waals surface area (Å²) in [6.45, 7) is 9.20. The minimum atomic E-state index is 0.0242. The molecule has 0 aromatic heterocycles. The number of nitrogens with one attached hydrogen (secondary N) is 2. The first kappa shape index (κ1) is 15.7. The highest BCUT2D eigenvalue weighted by atomic mass is 16.5. The highest BCUT2D eigenvalue weighted by Gasteiger charge is 2.11. The Bertz CT molecular complexity index is 396. The number of hydrogen-bond acceptors (Lipinski definition) is 3. The second kappa shape index (κ2) is 7.95. The molecule has 0 heterocycles. The first-order valence-corrected chi connectivity index (χ1v) is 7.14. The van der Waals surface area contributed by atoms with E-state index >= 15 is 0 Å². The zero-order valence-electron chi connectivity index (χ0n) is 12.5. The molecule has 0 radical (unpaired) electrons. The Labute approximate surface area is 116 Å². The Balaban J connectivity index is 2.94. The molecule has 1 aromatic rings. The van der Waals surface area contributed by atoms with Gasteiger partial charge in [-0.15, -0.1) is 0 Å². The van der Waals surface area contributed by atoms with Gasteiger partial charge in [-0.2, -0.15) is 0 Å². The summed E-state index contributed by atoms with van der Waals surface area (Å²) >= 11 is 0. The fourth-order valence-electron chi connectivity index (χ4n) is 2.02. The van der Waals surface area contributed by atoms with E-state index < -0.39 is 0 Å². The van der Waals surface area contributed by atoms with E-state index in [4.69, 9.17) is 10.1 Å². The highest BCUT2D eigenvalue weighted by molar-refractivity contribution is 5.86. The van der Waals surface area contributed by atoms with Gasteiger partial charge in [-0.1, -0.05) is 39.3 Å². The van der Waals surface area contributed by atoms with E-state index in [9.17, 15) is 0 Å². The molecule has 1 unspecified atom stereocenters. The second-order valence-corrected chi connectivity index (χ2v) is 5.02. The third kappa shape index (κ3) is 4.67. The Morgan fingerprint density at radius 2 is 2.05 bits per heavy atom. The highest BCUT2D eigenvalue weighted by Crippen LogP contribution is 2.23. The molecule has 0 bridgehead atoms. The van der Waals surface area contributed by atoms with Gasteiger partial charge >= 0.3 is 0 Å². The zero-order valence-corrected chi connectivity index (χ0v) is 12.5. The number of hydrogen-bond donors (Lipinski definition) is 2. The molecule has 1 rings (SSSR count). The molecular weight excluding hydrogens is 236 g/mol. The van der Waals surface area contributed by atoms with Gasteiger partial charge < -0.3 is 15.5 Å². The molecule has 0 spiro atoms. The van der Waals surface area contributed by atoms with Crippen LogP contribution in [0.25, 0.3) is 0 Å². The van der Waals surface area contributed by atoms with Crippen molar-refractivity contribution in [2.75, 3.05) is 11.9 Å². The van der Waals surface area contributed by atoms with Crippen LogP contribution >= 0.6 is 0 Å². The first-order valence-electron chi connectivity index (χ1n) is 7.14. The van der Waals surface area contributed by atoms with Crippen LogP contribution in [0.3, 0.4) is 0 Å². The van der Waals surface area contributed by atoms with Gasteiger partial charge in [-0.05, 0) is 30.9 Å². The predicted molar refractivity (Wildman–Crippen MR) is 82.4 cm³/mol. The monoisotopic (exact) mass is 262 g/mol. The number of ether oxygens (including phenoxy) is 1. The van der Waals surface area contributed by atoms with Crippen molar-refractivity contribution in [1.82, 2.24) is 0 Å². The first-order chi connectivity index (χ1) is 9.12. The molecule has 3 nitrogen and oxygen atoms in total. The van der Waals surface area contributed by atoms with Gasteiger partial charge in [0, 0.05) is 24.1 Å². The lowest BCUT2D eigenvalue weighted by Gasteiger charge is -2.21. The molecule has 0 aliphatic rings. The quantitative estimate of drug-likeness (QED) is 0.539. The number of anilines is 1. The smallest absolute Gasteiger partial charge is 0.127 e. The van der Waals surface area contributed by atoms with Crippen molar-refractivity contribution in [2.45, 2.75) is 52.7 Å². The van der Waals surface area contributed by atoms with Gasteiger partial charge in [0.05, 0.1) is 0 Å². The van der Waals surface area contributed by atoms with Crippen molar-refractivity contribution in [1.29, 1.82) is 5.41 Å². The van der Waals surface area contributed by atoms with E-state index in [1.54, 1.807) is 0 Å². The summed E-state index contributed by atoms with van der Waals surface area (Å²) < 4.78 is 5.70. The third-order valence-electron chi connectivity index (χ3n) is 3.13. The van der Waals surface area contributed by atoms with Crippen molar-refractivity contribution in [3.8, 4) is 0 Å². The van der Waals surface area contributed by atoms with Gasteiger partial charge in [-0.25, -0.2) is 0 Å². The molecule has 1 atom stereocenters. The number of rotatable bonds is 8. The third-order valence-corrected chi connectivity index (χ3v) is 3.13. The molecule has 0 saturated carbocycles. The van der Waals surface area contributed by atoms with Gasteiger partial charge in [0.15, 0.2) is 0 Å². The largest absolute Gasteiger partial charge is 0.360 e. The molecule has 19 heavy (non-hydrogen) atoms. The van der Waals surface area contributed by atoms with Crippen LogP contribution in [0.15, 0.2) is 18.2 Å². The maximum absolute atomic E-state index is 7.50. The fourth-order valence-corrected chi connectivity index (χ4v) is 2.02. The van der Waals surface area contributed by atoms with Gasteiger partial charge in [0.1, 0.15) is 6.23 Å². The second-order valence-electron chi connectivity index (χ2n) is 5.02. The molecule has 1 aromatic carbocycles. The van der Waals surface area contributed by atoms with Crippen LogP contribution in [0.1, 0.15) is 57.6 Å². The lowest BCUT2D eigenvalue weighted by molar-refractivity contribution is 0.0762. The van der Waals surface area contributed by atoms with Crippen LogP contribution in [-0.2, 0) is 4.74 Å². The van der Waals surface area contributed by atoms with Crippen LogP contribution in [0.2, 0.25) is 0 Å². The minimum absolute atomic E-state index is 0.0242. The summed E-state index contributed by atoms with van der Waals surface area (Å²) in [5.41, 5.74) is 3.18. The van der Waals surface area contributed by atoms with E-state index in [0.29, 0.717) is 12.5 Å². The van der Waals surface area contributed by atoms with Crippen molar-refractivity contribution >= 4 is 11.9 Å². The Kier molecular flexibility index (Phi) is 6.57. The molecule has 3 heteroatoms. The van der Waals surface area contributed by atoms with Crippen LogP contribution in [0.4, 0.5) is 5.69 Å². The summed E-state index contributed by atoms with van der Waals surface area (Å²) in [4.78, 5) is 0. The summed E-state index contributed by atoms with van der Waals surface area (Å²) in [5, 5.41) is 10.9. The normalized spacial score (nSPS) is 12.5. The standard InChI is InChI=1S/C16H26N2O/c1-5-7-16(19-6-2)18-15-10-13(12(3)4)8-9-14(15)11-17/h8-12,16-18H,5-7H2,1-4H3. The Morgan fingerprint density at radius 1 is 1.32 bits per heavy atom. The van der Waals surface area contributed by atoms with Crippen LogP contribution in [0.5, 0.6) is 0 Å². The van der Waals surface area contributed by atoms with Crippen LogP contribution < -0.4 is 5.32 Å². The van der Waals surface area contributed by atoms with Crippen LogP contribution in [-0.4, -0.2) is 19.0 Å². The molecule has 0 amide bonds. The molecule has 106 valence electrons. The van der Waals surface area contributed by atoms with Crippen molar-refractivity contribution in [3.05, 3.63) is 29.3 Å². The van der Waals surface area contributed by atoms with Crippen molar-refractivity contribution < 1.29 is 4.74 Å². The van der Waals surface area contributed by atoms with E-state index in [-0.39, 0.29) is 6.23 Å². The predicted octanol–water partition coefficient (Wildman–Crippen LogP) is 4.38. The molecule has 0 saturated heterocycles. The molecule has 2 N–H and O–H groups in total. The van der Waals surface area contributed by atoms with E-state index in [2.05, 4.69) is 38.2 Å². The SMILES string of the molecule is CCCC(Nc1cc(C(C)C)ccc1C=N)OCC. The lowest BCUT2D eigenvalue weighted by Crippen LogP contribution is -2.23. The van der Waals surface area contributed by atoms with Crippen molar-refractivity contribution in [3.63, 3.8) is 0 Å². The van der Waals surface area contributed by atoms with E-state index in [1.165, 1.54) is 11.8 Å². The Hall–Kier alpha value is -1.35. The minimum Gasteiger partial charge on any atom is -0.360 e. The summed E-state index contributed by atoms with van der Waals surface area (Å²) in [6, 6.07) is 6.22. The number of benzene rings is 1. The molecular formula is C16H26N2O. The Morgan fingerprint density at radius 3 is 2.58 bits per heavy atom. The summed E-state index contributed by atoms with van der Waals surface area (Å²) in [6.07, 6.45) is 3.45. The summed E-state index contributed by atoms with van der Waals surface area (Å²) in [7, 11) is 0. The van der Waals surface area contributed by atoms with Gasteiger partial charge in [0.25, 0.3) is 0 Å².